The maximum atomic E-state index is 12.1. The van der Waals surface area contributed by atoms with Gasteiger partial charge in [0.2, 0.25) is 10.0 Å². The van der Waals surface area contributed by atoms with E-state index in [2.05, 4.69) is 11.6 Å². The first-order valence-electron chi connectivity index (χ1n) is 5.95. The van der Waals surface area contributed by atoms with Gasteiger partial charge >= 0.3 is 0 Å². The van der Waals surface area contributed by atoms with Gasteiger partial charge < -0.3 is 5.73 Å². The van der Waals surface area contributed by atoms with Crippen molar-refractivity contribution in [3.05, 3.63) is 23.2 Å². The average Bonchev–Trinajstić information content (AvgIpc) is 3.13. The quantitative estimate of drug-likeness (QED) is 0.816. The summed E-state index contributed by atoms with van der Waals surface area (Å²) in [5.41, 5.74) is 5.89. The Morgan fingerprint density at radius 2 is 2.17 bits per heavy atom. The standard InChI is InChI=1S/C12H17ClN2O2S/c1-8(9-2-3-9)7-15-18(16,17)12-6-10(13)4-5-11(12)14/h4-6,8-9,15H,2-3,7,14H2,1H3. The highest BCUT2D eigenvalue weighted by Crippen LogP contribution is 2.36. The van der Waals surface area contributed by atoms with Crippen LogP contribution in [0, 0.1) is 11.8 Å². The van der Waals surface area contributed by atoms with Crippen LogP contribution in [0.25, 0.3) is 0 Å². The third kappa shape index (κ3) is 3.16. The van der Waals surface area contributed by atoms with Crippen molar-refractivity contribution in [1.29, 1.82) is 0 Å². The number of nitrogens with two attached hydrogens (primary N) is 1. The Kier molecular flexibility index (Phi) is 3.84. The molecule has 1 unspecified atom stereocenters. The van der Waals surface area contributed by atoms with Gasteiger partial charge in [-0.1, -0.05) is 18.5 Å². The topological polar surface area (TPSA) is 72.2 Å². The maximum Gasteiger partial charge on any atom is 0.242 e. The first kappa shape index (κ1) is 13.6. The molecule has 1 fully saturated rings. The highest BCUT2D eigenvalue weighted by Gasteiger charge is 2.29. The number of rotatable bonds is 5. The fraction of sp³-hybridized carbons (Fsp3) is 0.500. The molecule has 0 aliphatic heterocycles. The summed E-state index contributed by atoms with van der Waals surface area (Å²) in [5, 5.41) is 0.361. The summed E-state index contributed by atoms with van der Waals surface area (Å²) in [6.07, 6.45) is 2.39. The van der Waals surface area contributed by atoms with E-state index >= 15 is 0 Å². The molecule has 0 bridgehead atoms. The van der Waals surface area contributed by atoms with Gasteiger partial charge in [0.15, 0.2) is 0 Å². The minimum absolute atomic E-state index is 0.0537. The molecule has 100 valence electrons. The van der Waals surface area contributed by atoms with Crippen molar-refractivity contribution in [2.75, 3.05) is 12.3 Å². The van der Waals surface area contributed by atoms with Crippen LogP contribution >= 0.6 is 11.6 Å². The molecule has 1 saturated carbocycles. The van der Waals surface area contributed by atoms with Crippen molar-refractivity contribution in [3.8, 4) is 0 Å². The van der Waals surface area contributed by atoms with E-state index in [4.69, 9.17) is 17.3 Å². The second kappa shape index (κ2) is 5.07. The molecule has 0 amide bonds. The number of hydrogen-bond acceptors (Lipinski definition) is 3. The molecule has 4 nitrogen and oxygen atoms in total. The number of anilines is 1. The third-order valence-electron chi connectivity index (χ3n) is 3.29. The van der Waals surface area contributed by atoms with Gasteiger partial charge in [-0.2, -0.15) is 0 Å². The number of halogens is 1. The highest BCUT2D eigenvalue weighted by molar-refractivity contribution is 7.89. The molecule has 1 aromatic rings. The van der Waals surface area contributed by atoms with Gasteiger partial charge in [0.1, 0.15) is 4.90 Å². The first-order valence-corrected chi connectivity index (χ1v) is 7.81. The van der Waals surface area contributed by atoms with Gasteiger partial charge in [-0.15, -0.1) is 0 Å². The second-order valence-corrected chi connectivity index (χ2v) is 7.02. The predicted molar refractivity (Wildman–Crippen MR) is 72.9 cm³/mol. The zero-order valence-corrected chi connectivity index (χ0v) is 11.8. The Bertz CT molecular complexity index is 541. The van der Waals surface area contributed by atoms with E-state index < -0.39 is 10.0 Å². The van der Waals surface area contributed by atoms with Gasteiger partial charge in [0, 0.05) is 11.6 Å². The van der Waals surface area contributed by atoms with Crippen molar-refractivity contribution in [2.24, 2.45) is 11.8 Å². The summed E-state index contributed by atoms with van der Waals surface area (Å²) in [7, 11) is -3.57. The summed E-state index contributed by atoms with van der Waals surface area (Å²) in [6.45, 7) is 2.50. The van der Waals surface area contributed by atoms with Crippen LogP contribution in [0.1, 0.15) is 19.8 Å². The summed E-state index contributed by atoms with van der Waals surface area (Å²) >= 11 is 5.80. The summed E-state index contributed by atoms with van der Waals surface area (Å²) in [6, 6.07) is 4.45. The fourth-order valence-electron chi connectivity index (χ4n) is 1.89. The van der Waals surface area contributed by atoms with Crippen molar-refractivity contribution in [3.63, 3.8) is 0 Å². The van der Waals surface area contributed by atoms with Gasteiger partial charge in [-0.3, -0.25) is 0 Å². The zero-order valence-electron chi connectivity index (χ0n) is 10.2. The lowest BCUT2D eigenvalue weighted by molar-refractivity contribution is 0.492. The Morgan fingerprint density at radius 3 is 2.78 bits per heavy atom. The van der Waals surface area contributed by atoms with E-state index in [0.29, 0.717) is 23.4 Å². The molecular weight excluding hydrogens is 272 g/mol. The Labute approximate surface area is 113 Å². The minimum Gasteiger partial charge on any atom is -0.398 e. The van der Waals surface area contributed by atoms with Crippen molar-refractivity contribution < 1.29 is 8.42 Å². The molecule has 2 rings (SSSR count). The second-order valence-electron chi connectivity index (χ2n) is 4.85. The molecule has 0 aromatic heterocycles. The van der Waals surface area contributed by atoms with Crippen molar-refractivity contribution in [2.45, 2.75) is 24.7 Å². The maximum absolute atomic E-state index is 12.1. The molecular formula is C12H17ClN2O2S. The van der Waals surface area contributed by atoms with E-state index in [1.165, 1.54) is 25.0 Å². The van der Waals surface area contributed by atoms with Gasteiger partial charge in [-0.05, 0) is 42.9 Å². The van der Waals surface area contributed by atoms with E-state index in [-0.39, 0.29) is 10.6 Å². The van der Waals surface area contributed by atoms with Crippen LogP contribution in [0.5, 0.6) is 0 Å². The number of benzene rings is 1. The van der Waals surface area contributed by atoms with Crippen molar-refractivity contribution in [1.82, 2.24) is 4.72 Å². The number of nitrogen functional groups attached to an aromatic ring is 1. The average molecular weight is 289 g/mol. The molecule has 6 heteroatoms. The Balaban J connectivity index is 2.11. The molecule has 1 aliphatic rings. The van der Waals surface area contributed by atoms with E-state index in [1.54, 1.807) is 6.07 Å². The lowest BCUT2D eigenvalue weighted by atomic mass is 10.1. The highest BCUT2D eigenvalue weighted by atomic mass is 35.5. The molecule has 0 heterocycles. The number of hydrogen-bond donors (Lipinski definition) is 2. The zero-order chi connectivity index (χ0) is 13.3. The molecule has 1 aromatic carbocycles. The molecule has 0 saturated heterocycles. The smallest absolute Gasteiger partial charge is 0.242 e. The Morgan fingerprint density at radius 1 is 1.50 bits per heavy atom. The SMILES string of the molecule is CC(CNS(=O)(=O)c1cc(Cl)ccc1N)C1CC1. The normalized spacial score (nSPS) is 17.7. The molecule has 3 N–H and O–H groups in total. The van der Waals surface area contributed by atoms with Gasteiger partial charge in [-0.25, -0.2) is 13.1 Å². The van der Waals surface area contributed by atoms with Gasteiger partial charge in [0.25, 0.3) is 0 Å². The van der Waals surface area contributed by atoms with Crippen LogP contribution < -0.4 is 10.5 Å². The van der Waals surface area contributed by atoms with Crippen LogP contribution in [-0.4, -0.2) is 15.0 Å². The molecule has 1 atom stereocenters. The first-order chi connectivity index (χ1) is 8.40. The van der Waals surface area contributed by atoms with E-state index in [0.717, 1.165) is 0 Å². The van der Waals surface area contributed by atoms with Crippen LogP contribution in [0.4, 0.5) is 5.69 Å². The minimum atomic E-state index is -3.57. The third-order valence-corrected chi connectivity index (χ3v) is 5.00. The number of nitrogens with one attached hydrogen (secondary N) is 1. The van der Waals surface area contributed by atoms with Gasteiger partial charge in [0.05, 0.1) is 5.69 Å². The van der Waals surface area contributed by atoms with E-state index in [9.17, 15) is 8.42 Å². The number of sulfonamides is 1. The fourth-order valence-corrected chi connectivity index (χ4v) is 3.43. The molecule has 0 spiro atoms. The monoisotopic (exact) mass is 288 g/mol. The molecule has 18 heavy (non-hydrogen) atoms. The summed E-state index contributed by atoms with van der Waals surface area (Å²) < 4.78 is 26.8. The lowest BCUT2D eigenvalue weighted by Gasteiger charge is -2.13. The molecule has 0 radical (unpaired) electrons. The van der Waals surface area contributed by atoms with E-state index in [1.807, 2.05) is 0 Å². The van der Waals surface area contributed by atoms with Crippen LogP contribution in [0.2, 0.25) is 5.02 Å². The predicted octanol–water partition coefficient (Wildman–Crippen LogP) is 2.25. The van der Waals surface area contributed by atoms with Crippen molar-refractivity contribution >= 4 is 27.3 Å². The largest absolute Gasteiger partial charge is 0.398 e. The Hall–Kier alpha value is -0.780. The summed E-state index contributed by atoms with van der Waals surface area (Å²) in [4.78, 5) is 0.0537. The van der Waals surface area contributed by atoms with Crippen LogP contribution in [0.3, 0.4) is 0 Å². The molecule has 1 aliphatic carbocycles. The summed E-state index contributed by atoms with van der Waals surface area (Å²) in [5.74, 6) is 1.02. The van der Waals surface area contributed by atoms with Crippen LogP contribution in [-0.2, 0) is 10.0 Å². The van der Waals surface area contributed by atoms with Crippen LogP contribution in [0.15, 0.2) is 23.1 Å². The lowest BCUT2D eigenvalue weighted by Crippen LogP contribution is -2.29.